The highest BCUT2D eigenvalue weighted by molar-refractivity contribution is 7.89. The molecule has 0 aliphatic carbocycles. The Morgan fingerprint density at radius 3 is 1.77 bits per heavy atom. The van der Waals surface area contributed by atoms with Crippen LogP contribution in [-0.4, -0.2) is 30.4 Å². The van der Waals surface area contributed by atoms with Crippen LogP contribution in [0.4, 0.5) is 0 Å². The van der Waals surface area contributed by atoms with Crippen molar-refractivity contribution in [3.63, 3.8) is 0 Å². The molecule has 0 aliphatic rings. The number of carbonyl (C=O) groups excluding carboxylic acids is 1. The SMILES string of the molecule is NC(=O)c1ccncc1.NS(=O)(=O)c1ccc(C(=O)O)cc1. The number of nitrogens with two attached hydrogens (primary N) is 2. The number of aromatic carboxylic acids is 1. The predicted molar refractivity (Wildman–Crippen MR) is 77.5 cm³/mol. The van der Waals surface area contributed by atoms with Crippen LogP contribution in [0.25, 0.3) is 0 Å². The molecule has 5 N–H and O–H groups in total. The van der Waals surface area contributed by atoms with Gasteiger partial charge in [-0.2, -0.15) is 0 Å². The lowest BCUT2D eigenvalue weighted by Crippen LogP contribution is -2.12. The zero-order valence-corrected chi connectivity index (χ0v) is 12.0. The topological polar surface area (TPSA) is 153 Å². The second-order valence-electron chi connectivity index (χ2n) is 3.97. The molecule has 9 heteroatoms. The number of primary sulfonamides is 1. The Morgan fingerprint density at radius 1 is 0.955 bits per heavy atom. The first kappa shape index (κ1) is 17.3. The van der Waals surface area contributed by atoms with Crippen molar-refractivity contribution in [2.24, 2.45) is 10.9 Å². The number of carbonyl (C=O) groups is 2. The lowest BCUT2D eigenvalue weighted by Gasteiger charge is -1.97. The molecule has 1 aromatic carbocycles. The molecule has 1 amide bonds. The van der Waals surface area contributed by atoms with E-state index in [2.05, 4.69) is 4.98 Å². The number of carboxylic acid groups (broad SMARTS) is 1. The molecule has 1 aromatic heterocycles. The van der Waals surface area contributed by atoms with E-state index in [1.165, 1.54) is 24.5 Å². The van der Waals surface area contributed by atoms with Gasteiger partial charge in [-0.3, -0.25) is 9.78 Å². The Kier molecular flexibility index (Phi) is 5.72. The lowest BCUT2D eigenvalue weighted by atomic mass is 10.2. The molecule has 0 aliphatic heterocycles. The van der Waals surface area contributed by atoms with Crippen molar-refractivity contribution >= 4 is 21.9 Å². The molecular formula is C13H13N3O5S. The monoisotopic (exact) mass is 323 g/mol. The second-order valence-corrected chi connectivity index (χ2v) is 5.54. The first-order valence-corrected chi connectivity index (χ1v) is 7.32. The number of pyridine rings is 1. The molecule has 116 valence electrons. The Hall–Kier alpha value is -2.78. The van der Waals surface area contributed by atoms with E-state index in [-0.39, 0.29) is 10.5 Å². The molecule has 0 fully saturated rings. The van der Waals surface area contributed by atoms with Gasteiger partial charge in [0.1, 0.15) is 0 Å². The first-order chi connectivity index (χ1) is 10.2. The lowest BCUT2D eigenvalue weighted by molar-refractivity contribution is 0.0696. The Labute approximate surface area is 126 Å². The van der Waals surface area contributed by atoms with E-state index in [1.54, 1.807) is 12.1 Å². The van der Waals surface area contributed by atoms with E-state index < -0.39 is 21.9 Å². The van der Waals surface area contributed by atoms with Gasteiger partial charge in [-0.05, 0) is 36.4 Å². The fourth-order valence-corrected chi connectivity index (χ4v) is 1.82. The van der Waals surface area contributed by atoms with Gasteiger partial charge in [0, 0.05) is 18.0 Å². The van der Waals surface area contributed by atoms with Gasteiger partial charge in [0.15, 0.2) is 0 Å². The fourth-order valence-electron chi connectivity index (χ4n) is 1.30. The van der Waals surface area contributed by atoms with E-state index in [1.807, 2.05) is 0 Å². The third-order valence-corrected chi connectivity index (χ3v) is 3.32. The molecular weight excluding hydrogens is 310 g/mol. The largest absolute Gasteiger partial charge is 0.478 e. The molecule has 2 aromatic rings. The van der Waals surface area contributed by atoms with Crippen LogP contribution in [0, 0.1) is 0 Å². The van der Waals surface area contributed by atoms with Crippen LogP contribution >= 0.6 is 0 Å². The van der Waals surface area contributed by atoms with Gasteiger partial charge in [-0.25, -0.2) is 18.4 Å². The molecule has 8 nitrogen and oxygen atoms in total. The maximum absolute atomic E-state index is 10.7. The minimum atomic E-state index is -3.74. The van der Waals surface area contributed by atoms with Crippen LogP contribution in [0.5, 0.6) is 0 Å². The van der Waals surface area contributed by atoms with Crippen LogP contribution in [0.1, 0.15) is 20.7 Å². The summed E-state index contributed by atoms with van der Waals surface area (Å²) in [4.78, 5) is 24.4. The Bertz CT molecular complexity index is 758. The summed E-state index contributed by atoms with van der Waals surface area (Å²) in [6.45, 7) is 0. The maximum Gasteiger partial charge on any atom is 0.335 e. The van der Waals surface area contributed by atoms with Crippen molar-refractivity contribution in [1.82, 2.24) is 4.98 Å². The molecule has 0 unspecified atom stereocenters. The summed E-state index contributed by atoms with van der Waals surface area (Å²) in [6.07, 6.45) is 3.06. The summed E-state index contributed by atoms with van der Waals surface area (Å²) < 4.78 is 21.5. The number of rotatable bonds is 3. The molecule has 2 rings (SSSR count). The maximum atomic E-state index is 10.7. The molecule has 0 saturated carbocycles. The number of hydrogen-bond acceptors (Lipinski definition) is 5. The average molecular weight is 323 g/mol. The van der Waals surface area contributed by atoms with Gasteiger partial charge >= 0.3 is 5.97 Å². The number of aromatic nitrogens is 1. The number of carboxylic acids is 1. The van der Waals surface area contributed by atoms with E-state index in [0.29, 0.717) is 5.56 Å². The molecule has 1 heterocycles. The summed E-state index contributed by atoms with van der Waals surface area (Å²) >= 11 is 0. The third kappa shape index (κ3) is 5.31. The molecule has 22 heavy (non-hydrogen) atoms. The number of benzene rings is 1. The van der Waals surface area contributed by atoms with Crippen LogP contribution < -0.4 is 10.9 Å². The standard InChI is InChI=1S/C7H7NO4S.C6H6N2O/c8-13(11,12)6-3-1-5(2-4-6)7(9)10;7-6(9)5-1-3-8-4-2-5/h1-4H,(H,9,10)(H2,8,11,12);1-4H,(H2,7,9). The van der Waals surface area contributed by atoms with Crippen LogP contribution in [0.3, 0.4) is 0 Å². The number of hydrogen-bond donors (Lipinski definition) is 3. The van der Waals surface area contributed by atoms with Crippen LogP contribution in [0.2, 0.25) is 0 Å². The zero-order valence-electron chi connectivity index (χ0n) is 11.2. The zero-order chi connectivity index (χ0) is 16.8. The van der Waals surface area contributed by atoms with Gasteiger partial charge in [-0.1, -0.05) is 0 Å². The van der Waals surface area contributed by atoms with Crippen molar-refractivity contribution in [2.75, 3.05) is 0 Å². The highest BCUT2D eigenvalue weighted by Gasteiger charge is 2.08. The average Bonchev–Trinajstić information content (AvgIpc) is 2.48. The van der Waals surface area contributed by atoms with Crippen molar-refractivity contribution in [3.8, 4) is 0 Å². The molecule has 0 spiro atoms. The van der Waals surface area contributed by atoms with Crippen molar-refractivity contribution in [1.29, 1.82) is 0 Å². The molecule has 0 bridgehead atoms. The fraction of sp³-hybridized carbons (Fsp3) is 0. The van der Waals surface area contributed by atoms with E-state index in [4.69, 9.17) is 16.0 Å². The van der Waals surface area contributed by atoms with Crippen molar-refractivity contribution in [3.05, 3.63) is 59.9 Å². The first-order valence-electron chi connectivity index (χ1n) is 5.78. The van der Waals surface area contributed by atoms with Gasteiger partial charge in [0.2, 0.25) is 15.9 Å². The van der Waals surface area contributed by atoms with Crippen molar-refractivity contribution in [2.45, 2.75) is 4.90 Å². The number of nitrogens with zero attached hydrogens (tertiary/aromatic N) is 1. The minimum absolute atomic E-state index is 0.0207. The van der Waals surface area contributed by atoms with Crippen LogP contribution in [0.15, 0.2) is 53.7 Å². The third-order valence-electron chi connectivity index (χ3n) is 2.39. The Balaban J connectivity index is 0.000000235. The van der Waals surface area contributed by atoms with E-state index in [9.17, 15) is 18.0 Å². The Morgan fingerprint density at radius 2 is 1.45 bits per heavy atom. The normalized spacial score (nSPS) is 10.2. The second kappa shape index (κ2) is 7.29. The number of sulfonamides is 1. The molecule has 0 radical (unpaired) electrons. The summed E-state index contributed by atoms with van der Waals surface area (Å²) in [5, 5.41) is 13.3. The van der Waals surface area contributed by atoms with Crippen LogP contribution in [-0.2, 0) is 10.0 Å². The highest BCUT2D eigenvalue weighted by atomic mass is 32.2. The van der Waals surface area contributed by atoms with E-state index in [0.717, 1.165) is 12.1 Å². The summed E-state index contributed by atoms with van der Waals surface area (Å²) in [6, 6.07) is 7.81. The van der Waals surface area contributed by atoms with Gasteiger partial charge in [0.05, 0.1) is 10.5 Å². The minimum Gasteiger partial charge on any atom is -0.478 e. The van der Waals surface area contributed by atoms with Gasteiger partial charge < -0.3 is 10.8 Å². The summed E-state index contributed by atoms with van der Waals surface area (Å²) in [5.74, 6) is -1.53. The number of amides is 1. The van der Waals surface area contributed by atoms with Crippen molar-refractivity contribution < 1.29 is 23.1 Å². The summed E-state index contributed by atoms with van der Waals surface area (Å²) in [7, 11) is -3.74. The van der Waals surface area contributed by atoms with E-state index >= 15 is 0 Å². The summed E-state index contributed by atoms with van der Waals surface area (Å²) in [5.41, 5.74) is 5.46. The molecule has 0 saturated heterocycles. The molecule has 0 atom stereocenters. The smallest absolute Gasteiger partial charge is 0.335 e. The predicted octanol–water partition coefficient (Wildman–Crippen LogP) is 0.213. The quantitative estimate of drug-likeness (QED) is 0.733. The highest BCUT2D eigenvalue weighted by Crippen LogP contribution is 2.08. The van der Waals surface area contributed by atoms with Gasteiger partial charge in [0.25, 0.3) is 0 Å². The number of primary amides is 1. The van der Waals surface area contributed by atoms with Gasteiger partial charge in [-0.15, -0.1) is 0 Å².